The maximum atomic E-state index is 13.2. The fourth-order valence-electron chi connectivity index (χ4n) is 4.22. The van der Waals surface area contributed by atoms with Crippen molar-refractivity contribution in [1.82, 2.24) is 0 Å². The predicted octanol–water partition coefficient (Wildman–Crippen LogP) is 4.66. The van der Waals surface area contributed by atoms with Crippen molar-refractivity contribution in [2.75, 3.05) is 6.61 Å². The molecule has 0 aliphatic carbocycles. The molecule has 0 unspecified atom stereocenters. The molecule has 31 heavy (non-hydrogen) atoms. The third-order valence-electron chi connectivity index (χ3n) is 5.63. The molecule has 166 valence electrons. The van der Waals surface area contributed by atoms with Gasteiger partial charge in [0.05, 0.1) is 12.7 Å². The summed E-state index contributed by atoms with van der Waals surface area (Å²) in [6.45, 7) is 8.07. The average molecular weight is 429 g/mol. The standard InChI is InChI=1S/C25H29FO5/c1-24(2)28-15-21(30-24)23-20(29-25(3,4)31-23)13-8-16-6-5-7-18(14-16)22(27)17-9-11-19(26)12-10-17/h5-7,9-12,14,20-21,23H,8,13,15H2,1-4H3/t20-,21-,23+/m1/s1. The summed E-state index contributed by atoms with van der Waals surface area (Å²) in [5, 5.41) is 0. The number of ether oxygens (including phenoxy) is 4. The summed E-state index contributed by atoms with van der Waals surface area (Å²) < 4.78 is 37.2. The third kappa shape index (κ3) is 5.21. The molecule has 0 radical (unpaired) electrons. The van der Waals surface area contributed by atoms with Gasteiger partial charge in [-0.2, -0.15) is 0 Å². The van der Waals surface area contributed by atoms with Gasteiger partial charge in [0.15, 0.2) is 17.4 Å². The summed E-state index contributed by atoms with van der Waals surface area (Å²) in [5.41, 5.74) is 2.08. The second kappa shape index (κ2) is 8.43. The number of carbonyl (C=O) groups is 1. The monoisotopic (exact) mass is 428 g/mol. The van der Waals surface area contributed by atoms with Crippen molar-refractivity contribution in [3.63, 3.8) is 0 Å². The normalized spacial score (nSPS) is 26.8. The third-order valence-corrected chi connectivity index (χ3v) is 5.63. The quantitative estimate of drug-likeness (QED) is 0.627. The van der Waals surface area contributed by atoms with Crippen LogP contribution in [0.2, 0.25) is 0 Å². The number of aryl methyl sites for hydroxylation is 1. The highest BCUT2D eigenvalue weighted by atomic mass is 19.1. The molecule has 2 fully saturated rings. The Labute approximate surface area is 182 Å². The fraction of sp³-hybridized carbons (Fsp3) is 0.480. The lowest BCUT2D eigenvalue weighted by atomic mass is 9.97. The molecule has 0 spiro atoms. The zero-order valence-electron chi connectivity index (χ0n) is 18.4. The van der Waals surface area contributed by atoms with Crippen LogP contribution in [0, 0.1) is 5.82 Å². The van der Waals surface area contributed by atoms with E-state index in [-0.39, 0.29) is 29.9 Å². The van der Waals surface area contributed by atoms with Crippen LogP contribution in [0.5, 0.6) is 0 Å². The van der Waals surface area contributed by atoms with E-state index in [1.165, 1.54) is 24.3 Å². The highest BCUT2D eigenvalue weighted by Crippen LogP contribution is 2.37. The summed E-state index contributed by atoms with van der Waals surface area (Å²) in [6.07, 6.45) is 0.896. The molecule has 2 aliphatic heterocycles. The van der Waals surface area contributed by atoms with Crippen LogP contribution in [0.3, 0.4) is 0 Å². The van der Waals surface area contributed by atoms with E-state index in [0.29, 0.717) is 17.7 Å². The first kappa shape index (κ1) is 22.1. The SMILES string of the molecule is CC1(C)OC[C@H]([C@H]2OC(C)(C)O[C@@H]2CCc2cccc(C(=O)c3ccc(F)cc3)c2)O1. The molecule has 4 rings (SSSR count). The van der Waals surface area contributed by atoms with Crippen molar-refractivity contribution >= 4 is 5.78 Å². The molecule has 3 atom stereocenters. The average Bonchev–Trinajstić information content (AvgIpc) is 3.24. The van der Waals surface area contributed by atoms with Gasteiger partial charge in [0.25, 0.3) is 0 Å². The van der Waals surface area contributed by atoms with Crippen LogP contribution < -0.4 is 0 Å². The van der Waals surface area contributed by atoms with Gasteiger partial charge in [-0.3, -0.25) is 4.79 Å². The lowest BCUT2D eigenvalue weighted by Gasteiger charge is -2.23. The summed E-state index contributed by atoms with van der Waals surface area (Å²) in [5.74, 6) is -1.80. The number of ketones is 1. The highest BCUT2D eigenvalue weighted by molar-refractivity contribution is 6.09. The van der Waals surface area contributed by atoms with Crippen LogP contribution in [-0.4, -0.2) is 42.3 Å². The molecular weight excluding hydrogens is 399 g/mol. The van der Waals surface area contributed by atoms with Crippen LogP contribution in [0.15, 0.2) is 48.5 Å². The molecule has 6 heteroatoms. The zero-order valence-corrected chi connectivity index (χ0v) is 18.4. The van der Waals surface area contributed by atoms with Crippen LogP contribution in [-0.2, 0) is 25.4 Å². The van der Waals surface area contributed by atoms with E-state index in [9.17, 15) is 9.18 Å². The van der Waals surface area contributed by atoms with Crippen molar-refractivity contribution in [2.24, 2.45) is 0 Å². The topological polar surface area (TPSA) is 54.0 Å². The van der Waals surface area contributed by atoms with E-state index in [4.69, 9.17) is 18.9 Å². The van der Waals surface area contributed by atoms with Crippen LogP contribution in [0.25, 0.3) is 0 Å². The Morgan fingerprint density at radius 1 is 0.968 bits per heavy atom. The first-order valence-electron chi connectivity index (χ1n) is 10.7. The predicted molar refractivity (Wildman–Crippen MR) is 113 cm³/mol. The first-order chi connectivity index (χ1) is 14.6. The molecule has 0 bridgehead atoms. The molecule has 0 aromatic heterocycles. The summed E-state index contributed by atoms with van der Waals surface area (Å²) in [4.78, 5) is 12.7. The van der Waals surface area contributed by atoms with Crippen LogP contribution >= 0.6 is 0 Å². The van der Waals surface area contributed by atoms with E-state index in [1.807, 2.05) is 45.9 Å². The molecule has 0 N–H and O–H groups in total. The zero-order chi connectivity index (χ0) is 22.2. The van der Waals surface area contributed by atoms with Gasteiger partial charge in [-0.25, -0.2) is 4.39 Å². The Kier molecular flexibility index (Phi) is 6.01. The van der Waals surface area contributed by atoms with E-state index in [0.717, 1.165) is 18.4 Å². The first-order valence-corrected chi connectivity index (χ1v) is 10.7. The van der Waals surface area contributed by atoms with Crippen molar-refractivity contribution in [1.29, 1.82) is 0 Å². The van der Waals surface area contributed by atoms with Gasteiger partial charge in [0.2, 0.25) is 0 Å². The molecule has 2 aliphatic rings. The molecule has 2 aromatic carbocycles. The largest absolute Gasteiger partial charge is 0.348 e. The Bertz CT molecular complexity index is 937. The summed E-state index contributed by atoms with van der Waals surface area (Å²) >= 11 is 0. The number of benzene rings is 2. The number of rotatable bonds is 6. The summed E-state index contributed by atoms with van der Waals surface area (Å²) in [7, 11) is 0. The molecule has 2 heterocycles. The van der Waals surface area contributed by atoms with Gasteiger partial charge in [0, 0.05) is 11.1 Å². The van der Waals surface area contributed by atoms with Crippen LogP contribution in [0.4, 0.5) is 4.39 Å². The van der Waals surface area contributed by atoms with E-state index in [2.05, 4.69) is 0 Å². The lowest BCUT2D eigenvalue weighted by Crippen LogP contribution is -2.38. The number of hydrogen-bond donors (Lipinski definition) is 0. The molecule has 0 amide bonds. The fourth-order valence-corrected chi connectivity index (χ4v) is 4.22. The summed E-state index contributed by atoms with van der Waals surface area (Å²) in [6, 6.07) is 13.1. The van der Waals surface area contributed by atoms with E-state index < -0.39 is 11.6 Å². The molecule has 2 aromatic rings. The Morgan fingerprint density at radius 3 is 2.39 bits per heavy atom. The number of halogens is 1. The maximum Gasteiger partial charge on any atom is 0.193 e. The van der Waals surface area contributed by atoms with Gasteiger partial charge < -0.3 is 18.9 Å². The van der Waals surface area contributed by atoms with Crippen molar-refractivity contribution in [2.45, 2.75) is 70.4 Å². The van der Waals surface area contributed by atoms with Gasteiger partial charge in [0.1, 0.15) is 18.0 Å². The minimum Gasteiger partial charge on any atom is -0.348 e. The maximum absolute atomic E-state index is 13.2. The second-order valence-electron chi connectivity index (χ2n) is 9.08. The Hall–Kier alpha value is -2.12. The minimum atomic E-state index is -0.689. The van der Waals surface area contributed by atoms with Crippen molar-refractivity contribution in [3.8, 4) is 0 Å². The molecule has 2 saturated heterocycles. The molecule has 0 saturated carbocycles. The highest BCUT2D eigenvalue weighted by Gasteiger charge is 2.49. The van der Waals surface area contributed by atoms with E-state index >= 15 is 0 Å². The van der Waals surface area contributed by atoms with Gasteiger partial charge in [-0.05, 0) is 76.4 Å². The van der Waals surface area contributed by atoms with Gasteiger partial charge in [-0.15, -0.1) is 0 Å². The van der Waals surface area contributed by atoms with Crippen molar-refractivity contribution in [3.05, 3.63) is 71.0 Å². The molecular formula is C25H29FO5. The second-order valence-corrected chi connectivity index (χ2v) is 9.08. The Balaban J connectivity index is 1.44. The van der Waals surface area contributed by atoms with Crippen LogP contribution in [0.1, 0.15) is 55.6 Å². The lowest BCUT2D eigenvalue weighted by molar-refractivity contribution is -0.174. The minimum absolute atomic E-state index is 0.125. The van der Waals surface area contributed by atoms with Crippen molar-refractivity contribution < 1.29 is 28.1 Å². The Morgan fingerprint density at radius 2 is 1.71 bits per heavy atom. The molecule has 5 nitrogen and oxygen atoms in total. The van der Waals surface area contributed by atoms with Gasteiger partial charge in [-0.1, -0.05) is 18.2 Å². The number of carbonyl (C=O) groups excluding carboxylic acids is 1. The smallest absolute Gasteiger partial charge is 0.193 e. The number of hydrogen-bond acceptors (Lipinski definition) is 5. The van der Waals surface area contributed by atoms with E-state index in [1.54, 1.807) is 6.07 Å². The van der Waals surface area contributed by atoms with Gasteiger partial charge >= 0.3 is 0 Å².